The van der Waals surface area contributed by atoms with Crippen molar-refractivity contribution < 1.29 is 22.7 Å². The highest BCUT2D eigenvalue weighted by Gasteiger charge is 2.19. The third kappa shape index (κ3) is 6.80. The molecule has 0 bridgehead atoms. The monoisotopic (exact) mass is 459 g/mol. The van der Waals surface area contributed by atoms with Crippen molar-refractivity contribution in [1.29, 1.82) is 0 Å². The smallest absolute Gasteiger partial charge is 0.253 e. The van der Waals surface area contributed by atoms with E-state index in [9.17, 15) is 18.0 Å². The fourth-order valence-electron chi connectivity index (χ4n) is 3.57. The van der Waals surface area contributed by atoms with Crippen molar-refractivity contribution in [1.82, 2.24) is 5.32 Å². The summed E-state index contributed by atoms with van der Waals surface area (Å²) in [5.41, 5.74) is 1.36. The maximum absolute atomic E-state index is 12.6. The molecule has 32 heavy (non-hydrogen) atoms. The van der Waals surface area contributed by atoms with E-state index >= 15 is 0 Å². The molecule has 0 radical (unpaired) electrons. The van der Waals surface area contributed by atoms with Crippen LogP contribution in [0.25, 0.3) is 0 Å². The van der Waals surface area contributed by atoms with Crippen LogP contribution in [0.15, 0.2) is 54.6 Å². The summed E-state index contributed by atoms with van der Waals surface area (Å²) in [6, 6.07) is 15.6. The fourth-order valence-corrected chi connectivity index (χ4v) is 4.54. The Hall–Kier alpha value is -2.91. The predicted molar refractivity (Wildman–Crippen MR) is 124 cm³/mol. The average molecular weight is 460 g/mol. The van der Waals surface area contributed by atoms with Crippen molar-refractivity contribution in [2.24, 2.45) is 0 Å². The van der Waals surface area contributed by atoms with Gasteiger partial charge in [0.1, 0.15) is 0 Å². The van der Waals surface area contributed by atoms with Crippen LogP contribution in [0.4, 0.5) is 11.4 Å². The molecule has 1 fully saturated rings. The van der Waals surface area contributed by atoms with Crippen LogP contribution < -0.4 is 14.9 Å². The zero-order chi connectivity index (χ0) is 23.0. The number of sulfonamides is 1. The number of amides is 2. The SMILES string of the molecule is CS(=O)(=O)N(CCCC(=O)Nc1ccccc1C(=O)NCC1CCCO1)c1ccccc1. The lowest BCUT2D eigenvalue weighted by molar-refractivity contribution is -0.116. The third-order valence-corrected chi connectivity index (χ3v) is 6.36. The summed E-state index contributed by atoms with van der Waals surface area (Å²) in [5, 5.41) is 5.63. The number of hydrogen-bond donors (Lipinski definition) is 2. The molecular weight excluding hydrogens is 430 g/mol. The van der Waals surface area contributed by atoms with E-state index in [4.69, 9.17) is 4.74 Å². The molecule has 0 aliphatic carbocycles. The average Bonchev–Trinajstić information content (AvgIpc) is 3.29. The van der Waals surface area contributed by atoms with Crippen molar-refractivity contribution in [2.45, 2.75) is 31.8 Å². The predicted octanol–water partition coefficient (Wildman–Crippen LogP) is 2.78. The van der Waals surface area contributed by atoms with E-state index in [0.717, 1.165) is 19.1 Å². The Morgan fingerprint density at radius 1 is 1.09 bits per heavy atom. The summed E-state index contributed by atoms with van der Waals surface area (Å²) in [6.45, 7) is 1.33. The van der Waals surface area contributed by atoms with Gasteiger partial charge in [-0.3, -0.25) is 13.9 Å². The summed E-state index contributed by atoms with van der Waals surface area (Å²) in [4.78, 5) is 25.1. The Bertz CT molecular complexity index is 1020. The van der Waals surface area contributed by atoms with Crippen LogP contribution in [0, 0.1) is 0 Å². The van der Waals surface area contributed by atoms with E-state index in [-0.39, 0.29) is 30.9 Å². The van der Waals surface area contributed by atoms with E-state index in [1.165, 1.54) is 4.31 Å². The quantitative estimate of drug-likeness (QED) is 0.569. The highest BCUT2D eigenvalue weighted by molar-refractivity contribution is 7.92. The van der Waals surface area contributed by atoms with Crippen LogP contribution >= 0.6 is 0 Å². The molecular formula is C23H29N3O5S. The molecule has 1 unspecified atom stereocenters. The number of hydrogen-bond acceptors (Lipinski definition) is 5. The van der Waals surface area contributed by atoms with E-state index in [1.54, 1.807) is 48.5 Å². The first-order chi connectivity index (χ1) is 15.3. The number of para-hydroxylation sites is 2. The molecule has 2 N–H and O–H groups in total. The Kier molecular flexibility index (Phi) is 8.24. The van der Waals surface area contributed by atoms with Crippen molar-refractivity contribution in [2.75, 3.05) is 35.6 Å². The van der Waals surface area contributed by atoms with Crippen LogP contribution in [-0.2, 0) is 19.6 Å². The summed E-state index contributed by atoms with van der Waals surface area (Å²) >= 11 is 0. The van der Waals surface area contributed by atoms with Crippen LogP contribution in [0.1, 0.15) is 36.0 Å². The molecule has 8 nitrogen and oxygen atoms in total. The first-order valence-corrected chi connectivity index (χ1v) is 12.5. The summed E-state index contributed by atoms with van der Waals surface area (Å²) in [5.74, 6) is -0.561. The standard InChI is InChI=1S/C23H29N3O5S/c1-32(29,30)26(18-9-3-2-4-10-18)15-7-14-22(27)25-21-13-6-5-12-20(21)23(28)24-17-19-11-8-16-31-19/h2-6,9-10,12-13,19H,7-8,11,14-17H2,1H3,(H,24,28)(H,25,27). The molecule has 1 atom stereocenters. The van der Waals surface area contributed by atoms with Gasteiger partial charge >= 0.3 is 0 Å². The first-order valence-electron chi connectivity index (χ1n) is 10.7. The number of rotatable bonds is 10. The zero-order valence-corrected chi connectivity index (χ0v) is 18.9. The molecule has 0 spiro atoms. The molecule has 2 aromatic rings. The molecule has 0 aromatic heterocycles. The van der Waals surface area contributed by atoms with Crippen molar-refractivity contribution in [3.8, 4) is 0 Å². The minimum absolute atomic E-state index is 0.0307. The molecule has 3 rings (SSSR count). The van der Waals surface area contributed by atoms with Gasteiger partial charge in [-0.2, -0.15) is 0 Å². The van der Waals surface area contributed by atoms with Gasteiger partial charge in [0.15, 0.2) is 0 Å². The number of nitrogens with one attached hydrogen (secondary N) is 2. The molecule has 1 aliphatic heterocycles. The molecule has 1 heterocycles. The van der Waals surface area contributed by atoms with E-state index in [2.05, 4.69) is 10.6 Å². The number of carbonyl (C=O) groups is 2. The molecule has 0 saturated carbocycles. The molecule has 1 saturated heterocycles. The van der Waals surface area contributed by atoms with Gasteiger partial charge < -0.3 is 15.4 Å². The van der Waals surface area contributed by atoms with E-state index < -0.39 is 10.0 Å². The second kappa shape index (κ2) is 11.1. The van der Waals surface area contributed by atoms with Crippen LogP contribution in [0.2, 0.25) is 0 Å². The van der Waals surface area contributed by atoms with Gasteiger partial charge in [0, 0.05) is 26.1 Å². The number of anilines is 2. The zero-order valence-electron chi connectivity index (χ0n) is 18.1. The number of benzene rings is 2. The minimum Gasteiger partial charge on any atom is -0.376 e. The maximum atomic E-state index is 12.6. The lowest BCUT2D eigenvalue weighted by Gasteiger charge is -2.22. The van der Waals surface area contributed by atoms with Gasteiger partial charge in [0.05, 0.1) is 29.3 Å². The Morgan fingerprint density at radius 2 is 1.81 bits per heavy atom. The van der Waals surface area contributed by atoms with Gasteiger partial charge in [-0.15, -0.1) is 0 Å². The Balaban J connectivity index is 1.55. The van der Waals surface area contributed by atoms with Crippen molar-refractivity contribution in [3.05, 3.63) is 60.2 Å². The Labute approximate surface area is 189 Å². The fraction of sp³-hybridized carbons (Fsp3) is 0.391. The van der Waals surface area contributed by atoms with Gasteiger partial charge in [-0.1, -0.05) is 30.3 Å². The number of carbonyl (C=O) groups excluding carboxylic acids is 2. The minimum atomic E-state index is -3.47. The second-order valence-electron chi connectivity index (χ2n) is 7.71. The molecule has 172 valence electrons. The van der Waals surface area contributed by atoms with Crippen LogP contribution in [0.3, 0.4) is 0 Å². The maximum Gasteiger partial charge on any atom is 0.253 e. The van der Waals surface area contributed by atoms with Crippen LogP contribution in [0.5, 0.6) is 0 Å². The van der Waals surface area contributed by atoms with Crippen molar-refractivity contribution in [3.63, 3.8) is 0 Å². The largest absolute Gasteiger partial charge is 0.376 e. The highest BCUT2D eigenvalue weighted by Crippen LogP contribution is 2.19. The molecule has 2 amide bonds. The van der Waals surface area contributed by atoms with E-state index in [1.807, 2.05) is 6.07 Å². The Morgan fingerprint density at radius 3 is 2.50 bits per heavy atom. The van der Waals surface area contributed by atoms with Crippen molar-refractivity contribution >= 4 is 33.2 Å². The van der Waals surface area contributed by atoms with E-state index in [0.29, 0.717) is 36.5 Å². The summed E-state index contributed by atoms with van der Waals surface area (Å²) in [6.07, 6.45) is 3.54. The lowest BCUT2D eigenvalue weighted by Crippen LogP contribution is -2.32. The number of ether oxygens (including phenoxy) is 1. The lowest BCUT2D eigenvalue weighted by atomic mass is 10.1. The second-order valence-corrected chi connectivity index (χ2v) is 9.62. The molecule has 9 heteroatoms. The summed E-state index contributed by atoms with van der Waals surface area (Å²) in [7, 11) is -3.47. The molecule has 2 aromatic carbocycles. The highest BCUT2D eigenvalue weighted by atomic mass is 32.2. The van der Waals surface area contributed by atoms with Gasteiger partial charge in [-0.05, 0) is 43.5 Å². The first kappa shape index (κ1) is 23.7. The van der Waals surface area contributed by atoms with Crippen LogP contribution in [-0.4, -0.2) is 52.3 Å². The topological polar surface area (TPSA) is 105 Å². The van der Waals surface area contributed by atoms with Gasteiger partial charge in [-0.25, -0.2) is 8.42 Å². The normalized spacial score (nSPS) is 15.8. The van der Waals surface area contributed by atoms with Gasteiger partial charge in [0.2, 0.25) is 15.9 Å². The van der Waals surface area contributed by atoms with Gasteiger partial charge in [0.25, 0.3) is 5.91 Å². The molecule has 1 aliphatic rings. The third-order valence-electron chi connectivity index (χ3n) is 5.17. The number of nitrogens with zero attached hydrogens (tertiary/aromatic N) is 1. The summed E-state index contributed by atoms with van der Waals surface area (Å²) < 4.78 is 31.1.